The summed E-state index contributed by atoms with van der Waals surface area (Å²) < 4.78 is 5.44. The van der Waals surface area contributed by atoms with Crippen molar-refractivity contribution in [1.29, 1.82) is 0 Å². The molecule has 3 rings (SSSR count). The summed E-state index contributed by atoms with van der Waals surface area (Å²) in [6.07, 6.45) is 2.46. The van der Waals surface area contributed by atoms with Gasteiger partial charge in [0.05, 0.1) is 6.61 Å². The van der Waals surface area contributed by atoms with Crippen LogP contribution in [0.5, 0.6) is 0 Å². The summed E-state index contributed by atoms with van der Waals surface area (Å²) in [5.74, 6) is 0. The van der Waals surface area contributed by atoms with Crippen LogP contribution < -0.4 is 0 Å². The number of likely N-dealkylation sites (tertiary alicyclic amines) is 1. The molecule has 3 heteroatoms. The van der Waals surface area contributed by atoms with Crippen molar-refractivity contribution in [2.75, 3.05) is 26.3 Å². The number of aliphatic hydroxyl groups is 1. The van der Waals surface area contributed by atoms with E-state index in [1.54, 1.807) is 0 Å². The molecule has 2 aliphatic heterocycles. The molecule has 0 amide bonds. The second kappa shape index (κ2) is 5.00. The molecule has 1 spiro atoms. The Balaban J connectivity index is 1.52. The minimum absolute atomic E-state index is 0.132. The van der Waals surface area contributed by atoms with Crippen molar-refractivity contribution >= 4 is 0 Å². The van der Waals surface area contributed by atoms with Crippen molar-refractivity contribution in [2.45, 2.75) is 26.0 Å². The predicted octanol–water partition coefficient (Wildman–Crippen LogP) is 1.79. The van der Waals surface area contributed by atoms with Gasteiger partial charge in [-0.25, -0.2) is 0 Å². The van der Waals surface area contributed by atoms with Crippen molar-refractivity contribution in [3.63, 3.8) is 0 Å². The fraction of sp³-hybridized carbons (Fsp3) is 0.600. The average Bonchev–Trinajstić information content (AvgIpc) is 2.39. The third-order valence-corrected chi connectivity index (χ3v) is 4.28. The minimum Gasteiger partial charge on any atom is -0.392 e. The summed E-state index contributed by atoms with van der Waals surface area (Å²) in [4.78, 5) is 2.51. The molecule has 2 fully saturated rings. The zero-order chi connectivity index (χ0) is 12.4. The first-order valence-corrected chi connectivity index (χ1v) is 6.78. The molecule has 1 N–H and O–H groups in total. The summed E-state index contributed by atoms with van der Waals surface area (Å²) in [5.41, 5.74) is 2.89. The number of benzene rings is 1. The fourth-order valence-corrected chi connectivity index (χ4v) is 3.14. The zero-order valence-corrected chi connectivity index (χ0v) is 10.8. The Morgan fingerprint density at radius 2 is 1.67 bits per heavy atom. The van der Waals surface area contributed by atoms with Gasteiger partial charge < -0.3 is 9.84 Å². The SMILES string of the molecule is OCc1ccc(CN2CC3(CCOCC3)C2)cc1. The molecule has 0 atom stereocenters. The summed E-state index contributed by atoms with van der Waals surface area (Å²) >= 11 is 0. The van der Waals surface area contributed by atoms with E-state index >= 15 is 0 Å². The molecule has 2 heterocycles. The van der Waals surface area contributed by atoms with Crippen LogP contribution >= 0.6 is 0 Å². The van der Waals surface area contributed by atoms with Crippen molar-refractivity contribution in [3.8, 4) is 0 Å². The molecule has 2 saturated heterocycles. The number of ether oxygens (including phenoxy) is 1. The normalized spacial score (nSPS) is 22.9. The molecule has 1 aromatic carbocycles. The van der Waals surface area contributed by atoms with Crippen molar-refractivity contribution < 1.29 is 9.84 Å². The first-order chi connectivity index (χ1) is 8.80. The minimum atomic E-state index is 0.132. The standard InChI is InChI=1S/C15H21NO2/c17-10-14-3-1-13(2-4-14)9-16-11-15(12-16)5-7-18-8-6-15/h1-4,17H,5-12H2. The first kappa shape index (κ1) is 12.2. The van der Waals surface area contributed by atoms with Gasteiger partial charge in [-0.15, -0.1) is 0 Å². The van der Waals surface area contributed by atoms with Gasteiger partial charge in [-0.2, -0.15) is 0 Å². The smallest absolute Gasteiger partial charge is 0.0681 e. The van der Waals surface area contributed by atoms with Crippen LogP contribution in [-0.2, 0) is 17.9 Å². The molecule has 0 unspecified atom stereocenters. The van der Waals surface area contributed by atoms with Crippen LogP contribution in [0.1, 0.15) is 24.0 Å². The zero-order valence-electron chi connectivity index (χ0n) is 10.8. The number of hydrogen-bond donors (Lipinski definition) is 1. The Morgan fingerprint density at radius 3 is 2.28 bits per heavy atom. The Kier molecular flexibility index (Phi) is 3.37. The molecule has 2 aliphatic rings. The molecule has 18 heavy (non-hydrogen) atoms. The van der Waals surface area contributed by atoms with Crippen LogP contribution in [0.3, 0.4) is 0 Å². The highest BCUT2D eigenvalue weighted by Gasteiger charge is 2.43. The highest BCUT2D eigenvalue weighted by Crippen LogP contribution is 2.40. The molecule has 0 bridgehead atoms. The summed E-state index contributed by atoms with van der Waals surface area (Å²) in [6.45, 7) is 5.50. The maximum absolute atomic E-state index is 9.01. The number of rotatable bonds is 3. The summed E-state index contributed by atoms with van der Waals surface area (Å²) in [6, 6.07) is 8.28. The van der Waals surface area contributed by atoms with E-state index in [4.69, 9.17) is 9.84 Å². The summed E-state index contributed by atoms with van der Waals surface area (Å²) in [7, 11) is 0. The van der Waals surface area contributed by atoms with Gasteiger partial charge in [0.2, 0.25) is 0 Å². The van der Waals surface area contributed by atoms with Gasteiger partial charge >= 0.3 is 0 Å². The second-order valence-corrected chi connectivity index (χ2v) is 5.73. The predicted molar refractivity (Wildman–Crippen MR) is 70.1 cm³/mol. The van der Waals surface area contributed by atoms with Crippen LogP contribution in [0.2, 0.25) is 0 Å². The van der Waals surface area contributed by atoms with E-state index in [2.05, 4.69) is 17.0 Å². The summed E-state index contributed by atoms with van der Waals surface area (Å²) in [5, 5.41) is 9.01. The quantitative estimate of drug-likeness (QED) is 0.884. The van der Waals surface area contributed by atoms with E-state index in [0.29, 0.717) is 5.41 Å². The van der Waals surface area contributed by atoms with E-state index in [-0.39, 0.29) is 6.61 Å². The molecule has 98 valence electrons. The molecular weight excluding hydrogens is 226 g/mol. The van der Waals surface area contributed by atoms with Crippen molar-refractivity contribution in [1.82, 2.24) is 4.90 Å². The third-order valence-electron chi connectivity index (χ3n) is 4.28. The number of hydrogen-bond acceptors (Lipinski definition) is 3. The fourth-order valence-electron chi connectivity index (χ4n) is 3.14. The van der Waals surface area contributed by atoms with E-state index < -0.39 is 0 Å². The maximum Gasteiger partial charge on any atom is 0.0681 e. The second-order valence-electron chi connectivity index (χ2n) is 5.73. The lowest BCUT2D eigenvalue weighted by atomic mass is 9.73. The lowest BCUT2D eigenvalue weighted by Gasteiger charge is -2.52. The largest absolute Gasteiger partial charge is 0.392 e. The van der Waals surface area contributed by atoms with Crippen LogP contribution in [0.25, 0.3) is 0 Å². The molecule has 0 aliphatic carbocycles. The molecule has 3 nitrogen and oxygen atoms in total. The number of aliphatic hydroxyl groups excluding tert-OH is 1. The lowest BCUT2D eigenvalue weighted by Crippen LogP contribution is -2.57. The Labute approximate surface area is 108 Å². The lowest BCUT2D eigenvalue weighted by molar-refractivity contribution is -0.0839. The van der Waals surface area contributed by atoms with Gasteiger partial charge in [0.1, 0.15) is 0 Å². The van der Waals surface area contributed by atoms with Gasteiger partial charge in [0.15, 0.2) is 0 Å². The first-order valence-electron chi connectivity index (χ1n) is 6.78. The monoisotopic (exact) mass is 247 g/mol. The van der Waals surface area contributed by atoms with Gasteiger partial charge in [-0.1, -0.05) is 24.3 Å². The van der Waals surface area contributed by atoms with Gasteiger partial charge in [-0.05, 0) is 24.0 Å². The third kappa shape index (κ3) is 2.44. The van der Waals surface area contributed by atoms with E-state index in [0.717, 1.165) is 25.3 Å². The van der Waals surface area contributed by atoms with Crippen molar-refractivity contribution in [3.05, 3.63) is 35.4 Å². The van der Waals surface area contributed by atoms with Crippen LogP contribution in [0.4, 0.5) is 0 Å². The highest BCUT2D eigenvalue weighted by atomic mass is 16.5. The Morgan fingerprint density at radius 1 is 1.06 bits per heavy atom. The van der Waals surface area contributed by atoms with Gasteiger partial charge in [-0.3, -0.25) is 4.90 Å². The molecule has 1 aromatic rings. The topological polar surface area (TPSA) is 32.7 Å². The molecule has 0 aromatic heterocycles. The van der Waals surface area contributed by atoms with E-state index in [1.165, 1.54) is 31.5 Å². The molecular formula is C15H21NO2. The van der Waals surface area contributed by atoms with Gasteiger partial charge in [0, 0.05) is 38.3 Å². The van der Waals surface area contributed by atoms with E-state index in [9.17, 15) is 0 Å². The van der Waals surface area contributed by atoms with Crippen molar-refractivity contribution in [2.24, 2.45) is 5.41 Å². The number of nitrogens with zero attached hydrogens (tertiary/aromatic N) is 1. The Bertz CT molecular complexity index is 387. The molecule has 0 radical (unpaired) electrons. The van der Waals surface area contributed by atoms with Crippen LogP contribution in [0.15, 0.2) is 24.3 Å². The van der Waals surface area contributed by atoms with Crippen LogP contribution in [0, 0.1) is 5.41 Å². The van der Waals surface area contributed by atoms with Gasteiger partial charge in [0.25, 0.3) is 0 Å². The Hall–Kier alpha value is -0.900. The maximum atomic E-state index is 9.01. The average molecular weight is 247 g/mol. The van der Waals surface area contributed by atoms with E-state index in [1.807, 2.05) is 12.1 Å². The highest BCUT2D eigenvalue weighted by molar-refractivity contribution is 5.22. The molecule has 0 saturated carbocycles. The van der Waals surface area contributed by atoms with Crippen LogP contribution in [-0.4, -0.2) is 36.3 Å².